The molecule has 1 atom stereocenters. The smallest absolute Gasteiger partial charge is 0.0614 e. The standard InChI is InChI=1S/C6H15NO2/c1-8-4-3-6(7)5-9-2/h6H,3-5,7H2,1-2H3. The second-order valence-corrected chi connectivity index (χ2v) is 2.00. The molecule has 3 nitrogen and oxygen atoms in total. The zero-order valence-corrected chi connectivity index (χ0v) is 6.09. The van der Waals surface area contributed by atoms with Crippen LogP contribution < -0.4 is 5.73 Å². The molecular formula is C6H15NO2. The Balaban J connectivity index is 2.95. The van der Waals surface area contributed by atoms with Crippen LogP contribution in [0.2, 0.25) is 0 Å². The zero-order chi connectivity index (χ0) is 7.11. The highest BCUT2D eigenvalue weighted by atomic mass is 16.5. The molecule has 56 valence electrons. The van der Waals surface area contributed by atoms with Crippen LogP contribution in [0.5, 0.6) is 0 Å². The van der Waals surface area contributed by atoms with Crippen molar-refractivity contribution in [2.24, 2.45) is 5.73 Å². The maximum absolute atomic E-state index is 5.57. The summed E-state index contributed by atoms with van der Waals surface area (Å²) in [6.07, 6.45) is 0.865. The molecule has 0 aliphatic rings. The molecule has 0 heterocycles. The molecule has 0 saturated carbocycles. The molecule has 3 heteroatoms. The van der Waals surface area contributed by atoms with Crippen molar-refractivity contribution in [3.63, 3.8) is 0 Å². The number of hydrogen-bond donors (Lipinski definition) is 1. The Morgan fingerprint density at radius 3 is 2.44 bits per heavy atom. The molecule has 0 fully saturated rings. The van der Waals surface area contributed by atoms with Gasteiger partial charge < -0.3 is 15.2 Å². The lowest BCUT2D eigenvalue weighted by Gasteiger charge is -2.07. The SMILES string of the molecule is COCCC(N)COC. The molecule has 0 spiro atoms. The number of hydrogen-bond acceptors (Lipinski definition) is 3. The highest BCUT2D eigenvalue weighted by Crippen LogP contribution is 1.87. The molecule has 0 aromatic carbocycles. The van der Waals surface area contributed by atoms with Crippen molar-refractivity contribution in [2.45, 2.75) is 12.5 Å². The van der Waals surface area contributed by atoms with Crippen LogP contribution in [0, 0.1) is 0 Å². The van der Waals surface area contributed by atoms with E-state index in [-0.39, 0.29) is 6.04 Å². The van der Waals surface area contributed by atoms with Gasteiger partial charge in [-0.15, -0.1) is 0 Å². The summed E-state index contributed by atoms with van der Waals surface area (Å²) in [5.74, 6) is 0. The molecule has 9 heavy (non-hydrogen) atoms. The fraction of sp³-hybridized carbons (Fsp3) is 1.00. The lowest BCUT2D eigenvalue weighted by atomic mass is 10.2. The first kappa shape index (κ1) is 8.88. The molecule has 0 radical (unpaired) electrons. The summed E-state index contributed by atoms with van der Waals surface area (Å²) in [5, 5.41) is 0. The fourth-order valence-corrected chi connectivity index (χ4v) is 0.567. The molecule has 0 aliphatic carbocycles. The minimum atomic E-state index is 0.120. The monoisotopic (exact) mass is 133 g/mol. The largest absolute Gasteiger partial charge is 0.385 e. The van der Waals surface area contributed by atoms with Crippen molar-refractivity contribution in [3.05, 3.63) is 0 Å². The number of nitrogens with two attached hydrogens (primary N) is 1. The van der Waals surface area contributed by atoms with Crippen LogP contribution in [0.25, 0.3) is 0 Å². The van der Waals surface area contributed by atoms with E-state index in [4.69, 9.17) is 15.2 Å². The molecule has 0 rings (SSSR count). The first-order chi connectivity index (χ1) is 4.31. The molecule has 0 aromatic rings. The van der Waals surface area contributed by atoms with Gasteiger partial charge in [-0.3, -0.25) is 0 Å². The van der Waals surface area contributed by atoms with E-state index >= 15 is 0 Å². The van der Waals surface area contributed by atoms with Crippen molar-refractivity contribution in [3.8, 4) is 0 Å². The van der Waals surface area contributed by atoms with E-state index in [2.05, 4.69) is 0 Å². The van der Waals surface area contributed by atoms with E-state index in [1.165, 1.54) is 0 Å². The average molecular weight is 133 g/mol. The van der Waals surface area contributed by atoms with E-state index in [9.17, 15) is 0 Å². The van der Waals surface area contributed by atoms with Crippen LogP contribution in [0.4, 0.5) is 0 Å². The van der Waals surface area contributed by atoms with Gasteiger partial charge in [0.05, 0.1) is 6.61 Å². The summed E-state index contributed by atoms with van der Waals surface area (Å²) in [6.45, 7) is 1.33. The van der Waals surface area contributed by atoms with Crippen LogP contribution in [0.1, 0.15) is 6.42 Å². The predicted octanol–water partition coefficient (Wildman–Crippen LogP) is -0.00340. The third-order valence-electron chi connectivity index (χ3n) is 1.07. The first-order valence-electron chi connectivity index (χ1n) is 3.04. The lowest BCUT2D eigenvalue weighted by Crippen LogP contribution is -2.26. The van der Waals surface area contributed by atoms with Gasteiger partial charge in [0, 0.05) is 26.9 Å². The Kier molecular flexibility index (Phi) is 5.93. The summed E-state index contributed by atoms with van der Waals surface area (Å²) in [6, 6.07) is 0.120. The van der Waals surface area contributed by atoms with Crippen LogP contribution in [0.15, 0.2) is 0 Å². The minimum Gasteiger partial charge on any atom is -0.385 e. The maximum Gasteiger partial charge on any atom is 0.0614 e. The quantitative estimate of drug-likeness (QED) is 0.574. The third-order valence-corrected chi connectivity index (χ3v) is 1.07. The van der Waals surface area contributed by atoms with Crippen molar-refractivity contribution in [1.82, 2.24) is 0 Å². The van der Waals surface area contributed by atoms with Gasteiger partial charge >= 0.3 is 0 Å². The maximum atomic E-state index is 5.57. The Labute approximate surface area is 56.1 Å². The Morgan fingerprint density at radius 2 is 2.00 bits per heavy atom. The van der Waals surface area contributed by atoms with Gasteiger partial charge in [0.2, 0.25) is 0 Å². The molecule has 2 N–H and O–H groups in total. The molecular weight excluding hydrogens is 118 g/mol. The van der Waals surface area contributed by atoms with Crippen LogP contribution in [-0.4, -0.2) is 33.5 Å². The second-order valence-electron chi connectivity index (χ2n) is 2.00. The molecule has 0 aliphatic heterocycles. The zero-order valence-electron chi connectivity index (χ0n) is 6.09. The highest BCUT2D eigenvalue weighted by molar-refractivity contribution is 4.57. The molecule has 1 unspecified atom stereocenters. The molecule has 0 bridgehead atoms. The van der Waals surface area contributed by atoms with E-state index in [0.29, 0.717) is 13.2 Å². The Morgan fingerprint density at radius 1 is 1.33 bits per heavy atom. The van der Waals surface area contributed by atoms with Gasteiger partial charge in [0.25, 0.3) is 0 Å². The Hall–Kier alpha value is -0.120. The predicted molar refractivity (Wildman–Crippen MR) is 36.3 cm³/mol. The summed E-state index contributed by atoms with van der Waals surface area (Å²) in [5.41, 5.74) is 5.57. The van der Waals surface area contributed by atoms with Gasteiger partial charge in [-0.2, -0.15) is 0 Å². The van der Waals surface area contributed by atoms with E-state index in [1.54, 1.807) is 14.2 Å². The van der Waals surface area contributed by atoms with Gasteiger partial charge in [-0.1, -0.05) is 0 Å². The van der Waals surface area contributed by atoms with Crippen molar-refractivity contribution in [1.29, 1.82) is 0 Å². The van der Waals surface area contributed by atoms with Gasteiger partial charge in [-0.25, -0.2) is 0 Å². The summed E-state index contributed by atoms with van der Waals surface area (Å²) >= 11 is 0. The van der Waals surface area contributed by atoms with E-state index < -0.39 is 0 Å². The number of ether oxygens (including phenoxy) is 2. The van der Waals surface area contributed by atoms with Gasteiger partial charge in [0.1, 0.15) is 0 Å². The lowest BCUT2D eigenvalue weighted by molar-refractivity contribution is 0.145. The van der Waals surface area contributed by atoms with E-state index in [0.717, 1.165) is 6.42 Å². The second kappa shape index (κ2) is 6.01. The summed E-state index contributed by atoms with van der Waals surface area (Å²) in [4.78, 5) is 0. The third kappa shape index (κ3) is 5.76. The summed E-state index contributed by atoms with van der Waals surface area (Å²) in [7, 11) is 3.31. The van der Waals surface area contributed by atoms with Crippen LogP contribution in [-0.2, 0) is 9.47 Å². The summed E-state index contributed by atoms with van der Waals surface area (Å²) < 4.78 is 9.64. The molecule has 0 amide bonds. The first-order valence-corrected chi connectivity index (χ1v) is 3.04. The average Bonchev–Trinajstić information content (AvgIpc) is 1.85. The minimum absolute atomic E-state index is 0.120. The van der Waals surface area contributed by atoms with Crippen molar-refractivity contribution < 1.29 is 9.47 Å². The highest BCUT2D eigenvalue weighted by Gasteiger charge is 1.98. The van der Waals surface area contributed by atoms with Crippen molar-refractivity contribution >= 4 is 0 Å². The van der Waals surface area contributed by atoms with Gasteiger partial charge in [0.15, 0.2) is 0 Å². The number of methoxy groups -OCH3 is 2. The molecule has 0 aromatic heterocycles. The fourth-order valence-electron chi connectivity index (χ4n) is 0.567. The van der Waals surface area contributed by atoms with Gasteiger partial charge in [-0.05, 0) is 6.42 Å². The van der Waals surface area contributed by atoms with E-state index in [1.807, 2.05) is 0 Å². The number of rotatable bonds is 5. The van der Waals surface area contributed by atoms with Crippen LogP contribution in [0.3, 0.4) is 0 Å². The Bertz CT molecular complexity index is 59.0. The molecule has 0 saturated heterocycles. The topological polar surface area (TPSA) is 44.5 Å². The normalized spacial score (nSPS) is 13.7. The van der Waals surface area contributed by atoms with Crippen LogP contribution >= 0.6 is 0 Å². The van der Waals surface area contributed by atoms with Crippen molar-refractivity contribution in [2.75, 3.05) is 27.4 Å².